The molecule has 1 aromatic rings. The Labute approximate surface area is 81.4 Å². The van der Waals surface area contributed by atoms with E-state index in [-0.39, 0.29) is 16.0 Å². The van der Waals surface area contributed by atoms with E-state index in [1.807, 2.05) is 20.1 Å². The van der Waals surface area contributed by atoms with Gasteiger partial charge in [0.1, 0.15) is 0 Å². The van der Waals surface area contributed by atoms with Gasteiger partial charge in [-0.2, -0.15) is 0 Å². The summed E-state index contributed by atoms with van der Waals surface area (Å²) in [6.45, 7) is 3.98. The van der Waals surface area contributed by atoms with Gasteiger partial charge in [0, 0.05) is 23.8 Å². The van der Waals surface area contributed by atoms with Crippen LogP contribution in [0.1, 0.15) is 19.4 Å². The molecule has 0 bridgehead atoms. The zero-order chi connectivity index (χ0) is 10.3. The molecule has 1 heterocycles. The predicted molar refractivity (Wildman–Crippen MR) is 54.3 cm³/mol. The van der Waals surface area contributed by atoms with Crippen molar-refractivity contribution in [2.75, 3.05) is 0 Å². The summed E-state index contributed by atoms with van der Waals surface area (Å²) in [5.74, 6) is 0. The summed E-state index contributed by atoms with van der Waals surface area (Å²) >= 11 is 0. The second-order valence-electron chi connectivity index (χ2n) is 3.94. The van der Waals surface area contributed by atoms with Crippen LogP contribution in [0.15, 0.2) is 23.2 Å². The molecule has 0 saturated carbocycles. The zero-order valence-corrected chi connectivity index (χ0v) is 8.02. The Bertz CT molecular complexity index is 436. The molecule has 0 spiro atoms. The van der Waals surface area contributed by atoms with E-state index in [2.05, 4.69) is 4.99 Å². The number of rotatable bonds is 1. The third-order valence-electron chi connectivity index (χ3n) is 2.41. The predicted octanol–water partition coefficient (Wildman–Crippen LogP) is 2.59. The van der Waals surface area contributed by atoms with E-state index in [0.717, 1.165) is 11.3 Å². The molecule has 0 unspecified atom stereocenters. The Hall–Kier alpha value is -1.71. The van der Waals surface area contributed by atoms with Gasteiger partial charge >= 0.3 is 0 Å². The molecule has 0 N–H and O–H groups in total. The number of nitro benzene ring substituents is 1. The van der Waals surface area contributed by atoms with Crippen molar-refractivity contribution in [3.63, 3.8) is 0 Å². The largest absolute Gasteiger partial charge is 0.269 e. The lowest BCUT2D eigenvalue weighted by molar-refractivity contribution is -0.384. The van der Waals surface area contributed by atoms with Crippen LogP contribution in [0.5, 0.6) is 0 Å². The molecule has 0 atom stereocenters. The molecule has 1 aliphatic rings. The van der Waals surface area contributed by atoms with E-state index in [4.69, 9.17) is 0 Å². The molecule has 0 amide bonds. The lowest BCUT2D eigenvalue weighted by atomic mass is 9.87. The van der Waals surface area contributed by atoms with Crippen LogP contribution in [0.3, 0.4) is 0 Å². The van der Waals surface area contributed by atoms with Crippen LogP contribution in [0.2, 0.25) is 0 Å². The lowest BCUT2D eigenvalue weighted by Crippen LogP contribution is -2.14. The highest BCUT2D eigenvalue weighted by Crippen LogP contribution is 2.38. The SMILES string of the molecule is CC1(C)C=Nc2ccc([N+](=O)[O-])cc21. The maximum atomic E-state index is 10.6. The molecule has 4 heteroatoms. The molecule has 4 nitrogen and oxygen atoms in total. The number of nitro groups is 1. The van der Waals surface area contributed by atoms with Crippen molar-refractivity contribution < 1.29 is 4.92 Å². The molecule has 0 fully saturated rings. The Kier molecular flexibility index (Phi) is 1.67. The minimum atomic E-state index is -0.380. The number of fused-ring (bicyclic) bond motifs is 1. The number of aliphatic imine (C=N–C) groups is 1. The average Bonchev–Trinajstić information content (AvgIpc) is 2.42. The van der Waals surface area contributed by atoms with Crippen LogP contribution >= 0.6 is 0 Å². The minimum absolute atomic E-state index is 0.127. The molecule has 14 heavy (non-hydrogen) atoms. The first kappa shape index (κ1) is 8.87. The van der Waals surface area contributed by atoms with E-state index in [1.54, 1.807) is 12.1 Å². The van der Waals surface area contributed by atoms with E-state index in [0.29, 0.717) is 0 Å². The maximum absolute atomic E-state index is 10.6. The Balaban J connectivity index is 2.57. The summed E-state index contributed by atoms with van der Waals surface area (Å²) in [5.41, 5.74) is 1.69. The van der Waals surface area contributed by atoms with Gasteiger partial charge in [0.05, 0.1) is 10.6 Å². The van der Waals surface area contributed by atoms with Gasteiger partial charge in [-0.15, -0.1) is 0 Å². The van der Waals surface area contributed by atoms with E-state index in [9.17, 15) is 10.1 Å². The molecule has 0 aromatic heterocycles. The smallest absolute Gasteiger partial charge is 0.260 e. The highest BCUT2D eigenvalue weighted by Gasteiger charge is 2.28. The van der Waals surface area contributed by atoms with Crippen molar-refractivity contribution >= 4 is 17.6 Å². The van der Waals surface area contributed by atoms with Crippen molar-refractivity contribution in [1.82, 2.24) is 0 Å². The molecule has 1 aromatic carbocycles. The molecule has 0 radical (unpaired) electrons. The second kappa shape index (κ2) is 2.64. The van der Waals surface area contributed by atoms with Gasteiger partial charge in [0.25, 0.3) is 5.69 Å². The number of hydrogen-bond donors (Lipinski definition) is 0. The van der Waals surface area contributed by atoms with Gasteiger partial charge in [-0.05, 0) is 11.6 Å². The monoisotopic (exact) mass is 190 g/mol. The molecular weight excluding hydrogens is 180 g/mol. The summed E-state index contributed by atoms with van der Waals surface area (Å²) in [7, 11) is 0. The molecule has 72 valence electrons. The average molecular weight is 190 g/mol. The molecule has 0 saturated heterocycles. The number of hydrogen-bond acceptors (Lipinski definition) is 3. The van der Waals surface area contributed by atoms with Crippen LogP contribution in [0.25, 0.3) is 0 Å². The topological polar surface area (TPSA) is 55.5 Å². The van der Waals surface area contributed by atoms with Crippen molar-refractivity contribution in [3.8, 4) is 0 Å². The number of non-ortho nitro benzene ring substituents is 1. The molecule has 2 rings (SSSR count). The van der Waals surface area contributed by atoms with E-state index >= 15 is 0 Å². The maximum Gasteiger partial charge on any atom is 0.269 e. The summed E-state index contributed by atoms with van der Waals surface area (Å²) in [5, 5.41) is 10.6. The highest BCUT2D eigenvalue weighted by molar-refractivity contribution is 5.84. The Morgan fingerprint density at radius 1 is 1.43 bits per heavy atom. The fourth-order valence-electron chi connectivity index (χ4n) is 1.57. The summed E-state index contributed by atoms with van der Waals surface area (Å²) in [6, 6.07) is 4.78. The van der Waals surface area contributed by atoms with Gasteiger partial charge in [-0.3, -0.25) is 15.1 Å². The zero-order valence-electron chi connectivity index (χ0n) is 8.02. The summed E-state index contributed by atoms with van der Waals surface area (Å²) in [6.07, 6.45) is 1.82. The van der Waals surface area contributed by atoms with Crippen LogP contribution in [-0.2, 0) is 5.41 Å². The van der Waals surface area contributed by atoms with Crippen LogP contribution in [0.4, 0.5) is 11.4 Å². The van der Waals surface area contributed by atoms with Crippen LogP contribution in [-0.4, -0.2) is 11.1 Å². The van der Waals surface area contributed by atoms with E-state index < -0.39 is 0 Å². The number of benzene rings is 1. The fourth-order valence-corrected chi connectivity index (χ4v) is 1.57. The minimum Gasteiger partial charge on any atom is -0.260 e. The third kappa shape index (κ3) is 1.19. The van der Waals surface area contributed by atoms with Gasteiger partial charge < -0.3 is 0 Å². The van der Waals surface area contributed by atoms with Gasteiger partial charge in [0.15, 0.2) is 0 Å². The fraction of sp³-hybridized carbons (Fsp3) is 0.300. The van der Waals surface area contributed by atoms with Crippen molar-refractivity contribution in [2.45, 2.75) is 19.3 Å². The standard InChI is InChI=1S/C10H10N2O2/c1-10(2)6-11-9-4-3-7(12(13)14)5-8(9)10/h3-6H,1-2H3. The van der Waals surface area contributed by atoms with Crippen LogP contribution in [0, 0.1) is 10.1 Å². The molecule has 0 aliphatic carbocycles. The summed E-state index contributed by atoms with van der Waals surface area (Å²) in [4.78, 5) is 14.4. The first-order chi connectivity index (χ1) is 6.50. The van der Waals surface area contributed by atoms with Gasteiger partial charge in [-0.1, -0.05) is 13.8 Å². The van der Waals surface area contributed by atoms with E-state index in [1.165, 1.54) is 6.07 Å². The van der Waals surface area contributed by atoms with Crippen molar-refractivity contribution in [1.29, 1.82) is 0 Å². The Morgan fingerprint density at radius 3 is 2.79 bits per heavy atom. The van der Waals surface area contributed by atoms with Crippen LogP contribution < -0.4 is 0 Å². The third-order valence-corrected chi connectivity index (χ3v) is 2.41. The molecular formula is C10H10N2O2. The lowest BCUT2D eigenvalue weighted by Gasteiger charge is -2.14. The molecule has 1 aliphatic heterocycles. The van der Waals surface area contributed by atoms with Gasteiger partial charge in [-0.25, -0.2) is 0 Å². The van der Waals surface area contributed by atoms with Crippen molar-refractivity contribution in [2.24, 2.45) is 4.99 Å². The van der Waals surface area contributed by atoms with Crippen molar-refractivity contribution in [3.05, 3.63) is 33.9 Å². The van der Waals surface area contributed by atoms with Gasteiger partial charge in [0.2, 0.25) is 0 Å². The number of nitrogens with zero attached hydrogens (tertiary/aromatic N) is 2. The highest BCUT2D eigenvalue weighted by atomic mass is 16.6. The first-order valence-corrected chi connectivity index (χ1v) is 4.35. The normalized spacial score (nSPS) is 16.7. The summed E-state index contributed by atoms with van der Waals surface area (Å²) < 4.78 is 0. The first-order valence-electron chi connectivity index (χ1n) is 4.35. The Morgan fingerprint density at radius 2 is 2.14 bits per heavy atom. The quantitative estimate of drug-likeness (QED) is 0.504. The second-order valence-corrected chi connectivity index (χ2v) is 3.94.